The zero-order valence-electron chi connectivity index (χ0n) is 10.9. The van der Waals surface area contributed by atoms with Crippen molar-refractivity contribution in [2.24, 2.45) is 11.7 Å². The van der Waals surface area contributed by atoms with Gasteiger partial charge in [-0.3, -0.25) is 4.79 Å². The van der Waals surface area contributed by atoms with Gasteiger partial charge in [0.25, 0.3) is 0 Å². The average Bonchev–Trinajstić information content (AvgIpc) is 2.52. The maximum atomic E-state index is 13.3. The van der Waals surface area contributed by atoms with Gasteiger partial charge in [-0.05, 0) is 36.6 Å². The summed E-state index contributed by atoms with van der Waals surface area (Å²) in [5, 5.41) is 0. The van der Waals surface area contributed by atoms with Gasteiger partial charge in [0, 0.05) is 22.9 Å². The van der Waals surface area contributed by atoms with E-state index in [1.807, 2.05) is 0 Å². The quantitative estimate of drug-likeness (QED) is 0.862. The molecule has 0 spiro atoms. The SMILES string of the molecule is NC1CCCCCC1C(=O)Cc1cc(F)cc(Br)c1. The summed E-state index contributed by atoms with van der Waals surface area (Å²) in [4.78, 5) is 12.3. The average molecular weight is 328 g/mol. The Bertz CT molecular complexity index is 443. The predicted octanol–water partition coefficient (Wildman–Crippen LogP) is 3.61. The molecule has 0 radical (unpaired) electrons. The summed E-state index contributed by atoms with van der Waals surface area (Å²) in [5.41, 5.74) is 6.81. The van der Waals surface area contributed by atoms with Crippen LogP contribution in [0.15, 0.2) is 22.7 Å². The van der Waals surface area contributed by atoms with Crippen LogP contribution >= 0.6 is 15.9 Å². The first-order valence-electron chi connectivity index (χ1n) is 6.79. The second kappa shape index (κ2) is 6.62. The number of nitrogens with two attached hydrogens (primary N) is 1. The molecule has 0 aromatic heterocycles. The van der Waals surface area contributed by atoms with Crippen LogP contribution in [0.5, 0.6) is 0 Å². The Balaban J connectivity index is 2.06. The van der Waals surface area contributed by atoms with Crippen LogP contribution in [0.3, 0.4) is 0 Å². The largest absolute Gasteiger partial charge is 0.327 e. The minimum absolute atomic E-state index is 0.0352. The lowest BCUT2D eigenvalue weighted by Gasteiger charge is -2.20. The van der Waals surface area contributed by atoms with Gasteiger partial charge in [-0.15, -0.1) is 0 Å². The minimum atomic E-state index is -0.317. The van der Waals surface area contributed by atoms with Crippen molar-refractivity contribution in [3.63, 3.8) is 0 Å². The minimum Gasteiger partial charge on any atom is -0.327 e. The van der Waals surface area contributed by atoms with Gasteiger partial charge < -0.3 is 5.73 Å². The highest BCUT2D eigenvalue weighted by Crippen LogP contribution is 2.25. The number of ketones is 1. The van der Waals surface area contributed by atoms with Gasteiger partial charge in [0.15, 0.2) is 0 Å². The number of Topliss-reactive ketones (excluding diaryl/α,β-unsaturated/α-hetero) is 1. The van der Waals surface area contributed by atoms with Gasteiger partial charge >= 0.3 is 0 Å². The molecule has 0 heterocycles. The van der Waals surface area contributed by atoms with E-state index < -0.39 is 0 Å². The van der Waals surface area contributed by atoms with Gasteiger partial charge in [-0.2, -0.15) is 0 Å². The Morgan fingerprint density at radius 3 is 2.74 bits per heavy atom. The van der Waals surface area contributed by atoms with E-state index in [1.54, 1.807) is 6.07 Å². The molecular formula is C15H19BrFNO. The molecule has 0 amide bonds. The van der Waals surface area contributed by atoms with E-state index in [0.29, 0.717) is 10.0 Å². The van der Waals surface area contributed by atoms with E-state index in [4.69, 9.17) is 5.73 Å². The smallest absolute Gasteiger partial charge is 0.141 e. The molecular weight excluding hydrogens is 309 g/mol. The molecule has 2 rings (SSSR count). The van der Waals surface area contributed by atoms with E-state index in [2.05, 4.69) is 15.9 Å². The van der Waals surface area contributed by atoms with Crippen LogP contribution < -0.4 is 5.73 Å². The van der Waals surface area contributed by atoms with Crippen LogP contribution in [-0.4, -0.2) is 11.8 Å². The summed E-state index contributed by atoms with van der Waals surface area (Å²) in [6.45, 7) is 0. The molecule has 104 valence electrons. The van der Waals surface area contributed by atoms with Crippen LogP contribution in [-0.2, 0) is 11.2 Å². The van der Waals surface area contributed by atoms with Crippen molar-refractivity contribution in [2.45, 2.75) is 44.6 Å². The lowest BCUT2D eigenvalue weighted by atomic mass is 9.88. The normalized spacial score (nSPS) is 23.9. The first-order chi connectivity index (χ1) is 9.06. The van der Waals surface area contributed by atoms with E-state index in [9.17, 15) is 9.18 Å². The molecule has 2 nitrogen and oxygen atoms in total. The molecule has 2 atom stereocenters. The predicted molar refractivity (Wildman–Crippen MR) is 77.4 cm³/mol. The van der Waals surface area contributed by atoms with Gasteiger partial charge in [-0.25, -0.2) is 4.39 Å². The molecule has 1 aliphatic carbocycles. The van der Waals surface area contributed by atoms with Gasteiger partial charge in [0.05, 0.1) is 0 Å². The Labute approximate surface area is 121 Å². The van der Waals surface area contributed by atoms with Crippen molar-refractivity contribution in [3.8, 4) is 0 Å². The first-order valence-corrected chi connectivity index (χ1v) is 7.59. The lowest BCUT2D eigenvalue weighted by molar-refractivity contribution is -0.123. The molecule has 0 aliphatic heterocycles. The molecule has 0 saturated heterocycles. The van der Waals surface area contributed by atoms with Gasteiger partial charge in [0.1, 0.15) is 11.6 Å². The molecule has 1 saturated carbocycles. The maximum Gasteiger partial charge on any atom is 0.141 e. The van der Waals surface area contributed by atoms with Gasteiger partial charge in [-0.1, -0.05) is 35.2 Å². The van der Waals surface area contributed by atoms with E-state index in [-0.39, 0.29) is 30.0 Å². The van der Waals surface area contributed by atoms with Crippen molar-refractivity contribution in [3.05, 3.63) is 34.1 Å². The molecule has 2 N–H and O–H groups in total. The van der Waals surface area contributed by atoms with Gasteiger partial charge in [0.2, 0.25) is 0 Å². The Kier molecular flexibility index (Phi) is 5.11. The van der Waals surface area contributed by atoms with Crippen molar-refractivity contribution >= 4 is 21.7 Å². The van der Waals surface area contributed by atoms with Crippen LogP contribution in [0, 0.1) is 11.7 Å². The molecule has 2 unspecified atom stereocenters. The third-order valence-electron chi connectivity index (χ3n) is 3.78. The van der Waals surface area contributed by atoms with Crippen LogP contribution in [0.1, 0.15) is 37.7 Å². The summed E-state index contributed by atoms with van der Waals surface area (Å²) in [5.74, 6) is -0.237. The van der Waals surface area contributed by atoms with E-state index >= 15 is 0 Å². The summed E-state index contributed by atoms with van der Waals surface area (Å²) in [7, 11) is 0. The lowest BCUT2D eigenvalue weighted by Crippen LogP contribution is -2.35. The molecule has 4 heteroatoms. The topological polar surface area (TPSA) is 43.1 Å². The highest BCUT2D eigenvalue weighted by molar-refractivity contribution is 9.10. The van der Waals surface area contributed by atoms with E-state index in [1.165, 1.54) is 12.1 Å². The van der Waals surface area contributed by atoms with Crippen molar-refractivity contribution in [1.29, 1.82) is 0 Å². The second-order valence-electron chi connectivity index (χ2n) is 5.33. The maximum absolute atomic E-state index is 13.3. The summed E-state index contributed by atoms with van der Waals surface area (Å²) in [6, 6.07) is 4.58. The Morgan fingerprint density at radius 2 is 2.00 bits per heavy atom. The third kappa shape index (κ3) is 4.11. The fourth-order valence-corrected chi connectivity index (χ4v) is 3.29. The van der Waals surface area contributed by atoms with Crippen molar-refractivity contribution in [1.82, 2.24) is 0 Å². The van der Waals surface area contributed by atoms with Crippen LogP contribution in [0.25, 0.3) is 0 Å². The molecule has 1 aromatic rings. The molecule has 1 aliphatic rings. The third-order valence-corrected chi connectivity index (χ3v) is 4.24. The Morgan fingerprint density at radius 1 is 1.26 bits per heavy atom. The fourth-order valence-electron chi connectivity index (χ4n) is 2.78. The number of hydrogen-bond donors (Lipinski definition) is 1. The summed E-state index contributed by atoms with van der Waals surface area (Å²) < 4.78 is 14.0. The fraction of sp³-hybridized carbons (Fsp3) is 0.533. The van der Waals surface area contributed by atoms with E-state index in [0.717, 1.165) is 32.1 Å². The monoisotopic (exact) mass is 327 g/mol. The highest BCUT2D eigenvalue weighted by atomic mass is 79.9. The number of hydrogen-bond acceptors (Lipinski definition) is 2. The Hall–Kier alpha value is -0.740. The van der Waals surface area contributed by atoms with Crippen LogP contribution in [0.2, 0.25) is 0 Å². The summed E-state index contributed by atoms with van der Waals surface area (Å²) in [6.07, 6.45) is 5.39. The molecule has 19 heavy (non-hydrogen) atoms. The molecule has 1 aromatic carbocycles. The van der Waals surface area contributed by atoms with Crippen molar-refractivity contribution < 1.29 is 9.18 Å². The van der Waals surface area contributed by atoms with Crippen LogP contribution in [0.4, 0.5) is 4.39 Å². The number of rotatable bonds is 3. The number of carbonyl (C=O) groups is 1. The zero-order valence-corrected chi connectivity index (χ0v) is 12.5. The standard InChI is InChI=1S/C15H19BrFNO/c16-11-6-10(7-12(17)9-11)8-15(19)13-4-2-1-3-5-14(13)18/h6-7,9,13-14H,1-5,8,18H2. The molecule has 1 fully saturated rings. The highest BCUT2D eigenvalue weighted by Gasteiger charge is 2.26. The molecule has 0 bridgehead atoms. The number of carbonyl (C=O) groups excluding carboxylic acids is 1. The second-order valence-corrected chi connectivity index (χ2v) is 6.24. The zero-order chi connectivity index (χ0) is 13.8. The summed E-state index contributed by atoms with van der Waals surface area (Å²) >= 11 is 3.25. The number of benzene rings is 1. The van der Waals surface area contributed by atoms with Crippen molar-refractivity contribution in [2.75, 3.05) is 0 Å². The first kappa shape index (κ1) is 14.7. The number of halogens is 2.